The van der Waals surface area contributed by atoms with E-state index in [1.807, 2.05) is 0 Å². The molecular weight excluding hydrogens is 701 g/mol. The zero-order valence-corrected chi connectivity index (χ0v) is 28.3. The number of sulfonamides is 3. The number of nitrogens with zero attached hydrogens (tertiary/aromatic N) is 2. The standard InChI is InChI=1S/C32H28N2O10S4/c35-45(36,25-11-4-1-5-12-25)34(46(37,38)26-13-6-2-7-14-26)30-18-10-17-29-28(30)19-20-31(47(39,40)33-21-23-43-24-22-33)32(29)44-48(41,42)27-15-8-3-9-16-27/h1-20H,21-24H2. The molecule has 5 aromatic rings. The van der Waals surface area contributed by atoms with Crippen LogP contribution in [-0.2, 0) is 44.9 Å². The number of hydrogen-bond acceptors (Lipinski definition) is 10. The summed E-state index contributed by atoms with van der Waals surface area (Å²) in [5.74, 6) is -0.626. The van der Waals surface area contributed by atoms with Crippen LogP contribution in [0.25, 0.3) is 10.8 Å². The van der Waals surface area contributed by atoms with Gasteiger partial charge in [-0.1, -0.05) is 72.8 Å². The van der Waals surface area contributed by atoms with Gasteiger partial charge in [0.15, 0.2) is 5.75 Å². The molecule has 0 atom stereocenters. The molecule has 0 spiro atoms. The molecule has 16 heteroatoms. The average Bonchev–Trinajstić information content (AvgIpc) is 3.10. The summed E-state index contributed by atoms with van der Waals surface area (Å²) in [4.78, 5) is -1.46. The first-order valence-corrected chi connectivity index (χ1v) is 20.1. The fourth-order valence-corrected chi connectivity index (χ4v) is 11.5. The first kappa shape index (κ1) is 33.6. The maximum absolute atomic E-state index is 14.2. The van der Waals surface area contributed by atoms with E-state index in [2.05, 4.69) is 0 Å². The minimum Gasteiger partial charge on any atom is -0.379 e. The minimum atomic E-state index is -4.85. The third-order valence-corrected chi connectivity index (χ3v) is 14.8. The zero-order valence-electron chi connectivity index (χ0n) is 25.0. The molecule has 12 nitrogen and oxygen atoms in total. The molecule has 0 N–H and O–H groups in total. The summed E-state index contributed by atoms with van der Waals surface area (Å²) in [6.07, 6.45) is 0. The number of anilines is 1. The molecule has 0 radical (unpaired) electrons. The van der Waals surface area contributed by atoms with Gasteiger partial charge in [-0.25, -0.2) is 25.3 Å². The summed E-state index contributed by atoms with van der Waals surface area (Å²) < 4.78 is 124. The summed E-state index contributed by atoms with van der Waals surface area (Å²) in [6.45, 7) is 0.200. The van der Waals surface area contributed by atoms with Crippen molar-refractivity contribution in [3.8, 4) is 5.75 Å². The smallest absolute Gasteiger partial charge is 0.339 e. The van der Waals surface area contributed by atoms with Crippen LogP contribution in [0, 0.1) is 0 Å². The fraction of sp³-hybridized carbons (Fsp3) is 0.125. The van der Waals surface area contributed by atoms with E-state index in [0.29, 0.717) is 0 Å². The first-order chi connectivity index (χ1) is 22.8. The van der Waals surface area contributed by atoms with Gasteiger partial charge in [0.25, 0.3) is 20.0 Å². The van der Waals surface area contributed by atoms with Gasteiger partial charge in [0.1, 0.15) is 9.79 Å². The van der Waals surface area contributed by atoms with Crippen LogP contribution in [0.2, 0.25) is 0 Å². The van der Waals surface area contributed by atoms with E-state index in [4.69, 9.17) is 8.92 Å². The maximum atomic E-state index is 14.2. The van der Waals surface area contributed by atoms with Gasteiger partial charge < -0.3 is 8.92 Å². The van der Waals surface area contributed by atoms with Crippen molar-refractivity contribution in [3.05, 3.63) is 121 Å². The highest BCUT2D eigenvalue weighted by Crippen LogP contribution is 2.42. The van der Waals surface area contributed by atoms with Crippen molar-refractivity contribution in [2.45, 2.75) is 19.6 Å². The van der Waals surface area contributed by atoms with Crippen LogP contribution in [0.1, 0.15) is 0 Å². The Morgan fingerprint density at radius 1 is 0.542 bits per heavy atom. The Kier molecular flexibility index (Phi) is 9.06. The summed E-state index contributed by atoms with van der Waals surface area (Å²) in [5, 5.41) is -0.284. The van der Waals surface area contributed by atoms with Crippen LogP contribution in [0.3, 0.4) is 0 Å². The van der Waals surface area contributed by atoms with E-state index >= 15 is 0 Å². The SMILES string of the molecule is O=S(=O)(Oc1c(S(=O)(=O)N2CCOCC2)ccc2c(N(S(=O)(=O)c3ccccc3)S(=O)(=O)c3ccccc3)cccc12)c1ccccc1. The Morgan fingerprint density at radius 3 is 1.56 bits per heavy atom. The molecule has 1 heterocycles. The fourth-order valence-electron chi connectivity index (χ4n) is 5.18. The monoisotopic (exact) mass is 728 g/mol. The van der Waals surface area contributed by atoms with Crippen LogP contribution in [0.4, 0.5) is 5.69 Å². The number of fused-ring (bicyclic) bond motifs is 1. The quantitative estimate of drug-likeness (QED) is 0.191. The first-order valence-electron chi connectivity index (χ1n) is 14.4. The number of benzene rings is 5. The predicted molar refractivity (Wildman–Crippen MR) is 178 cm³/mol. The van der Waals surface area contributed by atoms with E-state index in [1.165, 1.54) is 97.1 Å². The molecule has 0 unspecified atom stereocenters. The van der Waals surface area contributed by atoms with Crippen LogP contribution in [0.5, 0.6) is 5.75 Å². The molecule has 6 rings (SSSR count). The second kappa shape index (κ2) is 12.9. The lowest BCUT2D eigenvalue weighted by Crippen LogP contribution is -2.40. The topological polar surface area (TPSA) is 161 Å². The summed E-state index contributed by atoms with van der Waals surface area (Å²) in [7, 11) is -18.8. The lowest BCUT2D eigenvalue weighted by Gasteiger charge is -2.28. The highest BCUT2D eigenvalue weighted by atomic mass is 32.3. The van der Waals surface area contributed by atoms with Crippen molar-refractivity contribution in [2.75, 3.05) is 30.0 Å². The Balaban J connectivity index is 1.65. The third kappa shape index (κ3) is 6.18. The van der Waals surface area contributed by atoms with Crippen molar-refractivity contribution in [2.24, 2.45) is 0 Å². The van der Waals surface area contributed by atoms with Crippen molar-refractivity contribution in [1.29, 1.82) is 0 Å². The molecule has 1 saturated heterocycles. The van der Waals surface area contributed by atoms with Crippen LogP contribution >= 0.6 is 0 Å². The second-order valence-electron chi connectivity index (χ2n) is 10.5. The Morgan fingerprint density at radius 2 is 1.04 bits per heavy atom. The molecule has 0 saturated carbocycles. The number of hydrogen-bond donors (Lipinski definition) is 0. The second-order valence-corrected chi connectivity index (χ2v) is 17.7. The van der Waals surface area contributed by atoms with E-state index in [1.54, 1.807) is 18.2 Å². The van der Waals surface area contributed by atoms with Crippen molar-refractivity contribution >= 4 is 56.6 Å². The highest BCUT2D eigenvalue weighted by Gasteiger charge is 2.39. The minimum absolute atomic E-state index is 0.0102. The highest BCUT2D eigenvalue weighted by molar-refractivity contribution is 8.10. The van der Waals surface area contributed by atoms with Gasteiger partial charge in [0.05, 0.1) is 28.7 Å². The van der Waals surface area contributed by atoms with Gasteiger partial charge in [-0.2, -0.15) is 16.4 Å². The molecule has 250 valence electrons. The molecule has 1 fully saturated rings. The average molecular weight is 729 g/mol. The molecule has 48 heavy (non-hydrogen) atoms. The Labute approximate surface area is 279 Å². The van der Waals surface area contributed by atoms with Gasteiger partial charge in [-0.3, -0.25) is 0 Å². The summed E-state index contributed by atoms with van der Waals surface area (Å²) in [5.41, 5.74) is -0.391. The van der Waals surface area contributed by atoms with Crippen molar-refractivity contribution in [1.82, 2.24) is 4.31 Å². The molecule has 1 aliphatic heterocycles. The maximum Gasteiger partial charge on any atom is 0.339 e. The molecule has 0 amide bonds. The molecular formula is C32H28N2O10S4. The predicted octanol–water partition coefficient (Wildman–Crippen LogP) is 4.21. The third-order valence-electron chi connectivity index (χ3n) is 7.48. The van der Waals surface area contributed by atoms with Crippen LogP contribution in [0.15, 0.2) is 141 Å². The largest absolute Gasteiger partial charge is 0.379 e. The normalized spacial score (nSPS) is 14.8. The Hall–Kier alpha value is -4.32. The van der Waals surface area contributed by atoms with E-state index < -0.39 is 56.5 Å². The van der Waals surface area contributed by atoms with E-state index in [0.717, 1.165) is 10.4 Å². The van der Waals surface area contributed by atoms with E-state index in [9.17, 15) is 33.7 Å². The molecule has 5 aromatic carbocycles. The van der Waals surface area contributed by atoms with Crippen molar-refractivity contribution < 1.29 is 42.6 Å². The number of morpholine rings is 1. The number of ether oxygens (including phenoxy) is 1. The molecule has 0 bridgehead atoms. The van der Waals surface area contributed by atoms with Crippen LogP contribution in [-0.4, -0.2) is 64.3 Å². The molecule has 0 aromatic heterocycles. The lowest BCUT2D eigenvalue weighted by atomic mass is 10.1. The van der Waals surface area contributed by atoms with Gasteiger partial charge in [-0.15, -0.1) is 0 Å². The van der Waals surface area contributed by atoms with E-state index in [-0.39, 0.29) is 55.5 Å². The van der Waals surface area contributed by atoms with Crippen LogP contribution < -0.4 is 7.89 Å². The van der Waals surface area contributed by atoms with Gasteiger partial charge in [-0.05, 0) is 48.5 Å². The van der Waals surface area contributed by atoms with Gasteiger partial charge in [0, 0.05) is 23.9 Å². The molecule has 0 aliphatic carbocycles. The number of rotatable bonds is 10. The van der Waals surface area contributed by atoms with Gasteiger partial charge >= 0.3 is 10.1 Å². The van der Waals surface area contributed by atoms with Crippen molar-refractivity contribution in [3.63, 3.8) is 0 Å². The Bertz CT molecular complexity index is 2330. The molecule has 1 aliphatic rings. The summed E-state index contributed by atoms with van der Waals surface area (Å²) in [6, 6.07) is 27.0. The lowest BCUT2D eigenvalue weighted by molar-refractivity contribution is 0.0730. The van der Waals surface area contributed by atoms with Gasteiger partial charge in [0.2, 0.25) is 10.0 Å². The zero-order chi connectivity index (χ0) is 34.2. The summed E-state index contributed by atoms with van der Waals surface area (Å²) >= 11 is 0.